The quantitative estimate of drug-likeness (QED) is 0.339. The van der Waals surface area contributed by atoms with Gasteiger partial charge in [0.2, 0.25) is 0 Å². The van der Waals surface area contributed by atoms with Gasteiger partial charge in [-0.05, 0) is 53.1 Å². The van der Waals surface area contributed by atoms with Crippen LogP contribution in [-0.2, 0) is 4.79 Å². The molecular weight excluding hydrogens is 352 g/mol. The van der Waals surface area contributed by atoms with Gasteiger partial charge >= 0.3 is 0 Å². The smallest absolute Gasteiger partial charge is 0.277 e. The molecule has 3 rings (SSSR count). The van der Waals surface area contributed by atoms with E-state index >= 15 is 0 Å². The highest BCUT2D eigenvalue weighted by Crippen LogP contribution is 2.18. The lowest BCUT2D eigenvalue weighted by atomic mass is 10.1. The van der Waals surface area contributed by atoms with Crippen molar-refractivity contribution in [2.45, 2.75) is 19.8 Å². The number of benzene rings is 3. The first-order chi connectivity index (χ1) is 13.7. The molecule has 5 nitrogen and oxygen atoms in total. The van der Waals surface area contributed by atoms with E-state index in [4.69, 9.17) is 9.47 Å². The summed E-state index contributed by atoms with van der Waals surface area (Å²) in [4.78, 5) is 11.9. The number of hydrogen-bond acceptors (Lipinski definition) is 4. The number of nitrogens with one attached hydrogen (secondary N) is 1. The van der Waals surface area contributed by atoms with Crippen LogP contribution in [0.2, 0.25) is 0 Å². The molecule has 144 valence electrons. The van der Waals surface area contributed by atoms with Gasteiger partial charge in [-0.25, -0.2) is 5.43 Å². The van der Waals surface area contributed by atoms with Crippen molar-refractivity contribution in [1.82, 2.24) is 5.43 Å². The van der Waals surface area contributed by atoms with Crippen LogP contribution >= 0.6 is 0 Å². The Labute approximate surface area is 165 Å². The summed E-state index contributed by atoms with van der Waals surface area (Å²) in [6.07, 6.45) is 3.74. The van der Waals surface area contributed by atoms with Crippen LogP contribution in [0.4, 0.5) is 0 Å². The van der Waals surface area contributed by atoms with Gasteiger partial charge in [-0.2, -0.15) is 5.10 Å². The average molecular weight is 376 g/mol. The van der Waals surface area contributed by atoms with Gasteiger partial charge in [-0.1, -0.05) is 49.7 Å². The SMILES string of the molecule is CCCCOc1ccc(OCC(=O)N/N=C\c2ccc3ccccc3c2)cc1. The average Bonchev–Trinajstić information content (AvgIpc) is 2.73. The van der Waals surface area contributed by atoms with E-state index in [0.29, 0.717) is 12.4 Å². The largest absolute Gasteiger partial charge is 0.494 e. The number of rotatable bonds is 9. The maximum Gasteiger partial charge on any atom is 0.277 e. The molecule has 0 aliphatic heterocycles. The van der Waals surface area contributed by atoms with E-state index in [0.717, 1.165) is 29.5 Å². The summed E-state index contributed by atoms with van der Waals surface area (Å²) in [5.41, 5.74) is 3.39. The molecule has 0 radical (unpaired) electrons. The molecule has 3 aromatic rings. The zero-order chi connectivity index (χ0) is 19.6. The Bertz CT molecular complexity index is 936. The third-order valence-corrected chi connectivity index (χ3v) is 4.14. The van der Waals surface area contributed by atoms with Crippen LogP contribution in [-0.4, -0.2) is 25.3 Å². The predicted octanol–water partition coefficient (Wildman–Crippen LogP) is 4.55. The van der Waals surface area contributed by atoms with Crippen LogP contribution in [0, 0.1) is 0 Å². The number of unbranched alkanes of at least 4 members (excludes halogenated alkanes) is 1. The van der Waals surface area contributed by atoms with Gasteiger partial charge in [-0.15, -0.1) is 0 Å². The number of amides is 1. The Morgan fingerprint density at radius 3 is 2.43 bits per heavy atom. The second-order valence-corrected chi connectivity index (χ2v) is 6.36. The van der Waals surface area contributed by atoms with E-state index in [1.165, 1.54) is 5.39 Å². The van der Waals surface area contributed by atoms with Crippen molar-refractivity contribution in [2.75, 3.05) is 13.2 Å². The standard InChI is InChI=1S/C23H24N2O3/c1-2-3-14-27-21-10-12-22(13-11-21)28-17-23(26)25-24-16-18-8-9-19-6-4-5-7-20(19)15-18/h4-13,15-16H,2-3,14,17H2,1H3,(H,25,26)/b24-16-. The normalized spacial score (nSPS) is 10.9. The Balaban J connectivity index is 1.44. The molecule has 0 aromatic heterocycles. The number of hydrogen-bond donors (Lipinski definition) is 1. The van der Waals surface area contributed by atoms with Crippen molar-refractivity contribution >= 4 is 22.9 Å². The maximum atomic E-state index is 11.9. The van der Waals surface area contributed by atoms with Gasteiger partial charge in [0, 0.05) is 0 Å². The van der Waals surface area contributed by atoms with E-state index in [9.17, 15) is 4.79 Å². The zero-order valence-electron chi connectivity index (χ0n) is 15.9. The molecule has 0 heterocycles. The molecule has 0 fully saturated rings. The number of ether oxygens (including phenoxy) is 2. The van der Waals surface area contributed by atoms with Gasteiger partial charge in [0.05, 0.1) is 12.8 Å². The first kappa shape index (κ1) is 19.4. The fourth-order valence-corrected chi connectivity index (χ4v) is 2.61. The molecular formula is C23H24N2O3. The van der Waals surface area contributed by atoms with Crippen LogP contribution < -0.4 is 14.9 Å². The minimum Gasteiger partial charge on any atom is -0.494 e. The first-order valence-corrected chi connectivity index (χ1v) is 9.41. The molecule has 28 heavy (non-hydrogen) atoms. The van der Waals surface area contributed by atoms with Crippen LogP contribution in [0.3, 0.4) is 0 Å². The molecule has 0 bridgehead atoms. The molecule has 0 unspecified atom stereocenters. The summed E-state index contributed by atoms with van der Waals surface area (Å²) >= 11 is 0. The highest BCUT2D eigenvalue weighted by atomic mass is 16.5. The Hall–Kier alpha value is -3.34. The minimum atomic E-state index is -0.319. The third kappa shape index (κ3) is 5.84. The topological polar surface area (TPSA) is 59.9 Å². The van der Waals surface area contributed by atoms with Crippen molar-refractivity contribution in [3.8, 4) is 11.5 Å². The number of carbonyl (C=O) groups is 1. The van der Waals surface area contributed by atoms with Gasteiger partial charge in [0.25, 0.3) is 5.91 Å². The van der Waals surface area contributed by atoms with Crippen molar-refractivity contribution in [2.24, 2.45) is 5.10 Å². The van der Waals surface area contributed by atoms with Gasteiger partial charge < -0.3 is 9.47 Å². The van der Waals surface area contributed by atoms with Crippen molar-refractivity contribution in [3.05, 3.63) is 72.3 Å². The summed E-state index contributed by atoms with van der Waals surface area (Å²) in [5.74, 6) is 1.09. The minimum absolute atomic E-state index is 0.106. The fourth-order valence-electron chi connectivity index (χ4n) is 2.61. The van der Waals surface area contributed by atoms with Gasteiger partial charge in [-0.3, -0.25) is 4.79 Å². The lowest BCUT2D eigenvalue weighted by Gasteiger charge is -2.07. The first-order valence-electron chi connectivity index (χ1n) is 9.41. The molecule has 0 aliphatic carbocycles. The predicted molar refractivity (Wildman–Crippen MR) is 112 cm³/mol. The number of nitrogens with zero attached hydrogens (tertiary/aromatic N) is 1. The number of carbonyl (C=O) groups excluding carboxylic acids is 1. The number of fused-ring (bicyclic) bond motifs is 1. The van der Waals surface area contributed by atoms with Crippen LogP contribution in [0.5, 0.6) is 11.5 Å². The molecule has 0 aliphatic rings. The van der Waals surface area contributed by atoms with E-state index in [2.05, 4.69) is 23.5 Å². The maximum absolute atomic E-state index is 11.9. The van der Waals surface area contributed by atoms with Crippen LogP contribution in [0.1, 0.15) is 25.3 Å². The molecule has 0 saturated carbocycles. The summed E-state index contributed by atoms with van der Waals surface area (Å²) in [7, 11) is 0. The summed E-state index contributed by atoms with van der Waals surface area (Å²) in [6.45, 7) is 2.72. The van der Waals surface area contributed by atoms with E-state index in [1.807, 2.05) is 48.5 Å². The lowest BCUT2D eigenvalue weighted by Crippen LogP contribution is -2.24. The second-order valence-electron chi connectivity index (χ2n) is 6.36. The molecule has 1 N–H and O–H groups in total. The molecule has 1 amide bonds. The van der Waals surface area contributed by atoms with Crippen LogP contribution in [0.25, 0.3) is 10.8 Å². The monoisotopic (exact) mass is 376 g/mol. The summed E-state index contributed by atoms with van der Waals surface area (Å²) < 4.78 is 11.1. The summed E-state index contributed by atoms with van der Waals surface area (Å²) in [6, 6.07) is 21.3. The molecule has 3 aromatic carbocycles. The molecule has 0 atom stereocenters. The van der Waals surface area contributed by atoms with E-state index in [-0.39, 0.29) is 12.5 Å². The van der Waals surface area contributed by atoms with Crippen molar-refractivity contribution in [3.63, 3.8) is 0 Å². The Kier molecular flexibility index (Phi) is 7.01. The molecule has 0 spiro atoms. The second kappa shape index (κ2) is 10.1. The Morgan fingerprint density at radius 2 is 1.68 bits per heavy atom. The van der Waals surface area contributed by atoms with Crippen molar-refractivity contribution < 1.29 is 14.3 Å². The van der Waals surface area contributed by atoms with E-state index in [1.54, 1.807) is 18.3 Å². The lowest BCUT2D eigenvalue weighted by molar-refractivity contribution is -0.123. The molecule has 5 heteroatoms. The Morgan fingerprint density at radius 1 is 0.964 bits per heavy atom. The highest BCUT2D eigenvalue weighted by Gasteiger charge is 2.02. The zero-order valence-corrected chi connectivity index (χ0v) is 15.9. The van der Waals surface area contributed by atoms with E-state index < -0.39 is 0 Å². The van der Waals surface area contributed by atoms with Crippen molar-refractivity contribution in [1.29, 1.82) is 0 Å². The third-order valence-electron chi connectivity index (χ3n) is 4.14. The van der Waals surface area contributed by atoms with Gasteiger partial charge in [0.1, 0.15) is 11.5 Å². The summed E-state index contributed by atoms with van der Waals surface area (Å²) in [5, 5.41) is 6.29. The fraction of sp³-hybridized carbons (Fsp3) is 0.217. The molecule has 0 saturated heterocycles. The highest BCUT2D eigenvalue weighted by molar-refractivity contribution is 5.90. The number of hydrazone groups is 1. The van der Waals surface area contributed by atoms with Crippen LogP contribution in [0.15, 0.2) is 71.8 Å². The van der Waals surface area contributed by atoms with Gasteiger partial charge in [0.15, 0.2) is 6.61 Å².